The molecule has 0 amide bonds. The Labute approximate surface area is 137 Å². The Bertz CT molecular complexity index is 656. The van der Waals surface area contributed by atoms with Crippen LogP contribution in [-0.4, -0.2) is 34.0 Å². The average Bonchev–Trinajstić information content (AvgIpc) is 3.52. The summed E-state index contributed by atoms with van der Waals surface area (Å²) < 4.78 is 0. The first-order chi connectivity index (χ1) is 11.2. The zero-order chi connectivity index (χ0) is 16.0. The Morgan fingerprint density at radius 3 is 2.04 bits per heavy atom. The molecule has 2 saturated carbocycles. The maximum Gasteiger partial charge on any atom is 0.0808 e. The van der Waals surface area contributed by atoms with Crippen LogP contribution in [-0.2, 0) is 0 Å². The van der Waals surface area contributed by atoms with Gasteiger partial charge in [0.25, 0.3) is 0 Å². The molecule has 4 rings (SSSR count). The van der Waals surface area contributed by atoms with Gasteiger partial charge in [0.1, 0.15) is 0 Å². The SMILES string of the molecule is C(=NC1CC1)c1ccccn1.CC1(N=Cc2ccccn2)CC1. The minimum Gasteiger partial charge on any atom is -0.288 e. The molecule has 2 heterocycles. The predicted octanol–water partition coefficient (Wildman–Crippen LogP) is 3.72. The second-order valence-electron chi connectivity index (χ2n) is 6.27. The van der Waals surface area contributed by atoms with E-state index in [2.05, 4.69) is 26.9 Å². The van der Waals surface area contributed by atoms with Crippen molar-refractivity contribution in [1.29, 1.82) is 0 Å². The van der Waals surface area contributed by atoms with Crippen LogP contribution in [0.15, 0.2) is 58.8 Å². The van der Waals surface area contributed by atoms with Crippen molar-refractivity contribution < 1.29 is 0 Å². The van der Waals surface area contributed by atoms with Crippen molar-refractivity contribution in [2.24, 2.45) is 9.98 Å². The fraction of sp³-hybridized carbons (Fsp3) is 0.368. The highest BCUT2D eigenvalue weighted by molar-refractivity contribution is 5.77. The third-order valence-electron chi connectivity index (χ3n) is 3.82. The molecule has 0 saturated heterocycles. The van der Waals surface area contributed by atoms with Gasteiger partial charge < -0.3 is 0 Å². The molecule has 0 N–H and O–H groups in total. The van der Waals surface area contributed by atoms with Gasteiger partial charge in [0, 0.05) is 24.8 Å². The zero-order valence-corrected chi connectivity index (χ0v) is 13.5. The van der Waals surface area contributed by atoms with E-state index < -0.39 is 0 Å². The molecule has 4 nitrogen and oxygen atoms in total. The van der Waals surface area contributed by atoms with E-state index in [4.69, 9.17) is 0 Å². The van der Waals surface area contributed by atoms with Gasteiger partial charge in [-0.25, -0.2) is 0 Å². The van der Waals surface area contributed by atoms with Gasteiger partial charge in [-0.15, -0.1) is 0 Å². The van der Waals surface area contributed by atoms with Gasteiger partial charge in [-0.3, -0.25) is 20.0 Å². The Hall–Kier alpha value is -2.36. The van der Waals surface area contributed by atoms with E-state index in [9.17, 15) is 0 Å². The monoisotopic (exact) mass is 306 g/mol. The molecule has 118 valence electrons. The standard InChI is InChI=1S/C10H12N2.C9H10N2/c1-10(5-6-10)12-8-9-4-2-3-7-11-9;1-2-6-10-9(3-1)7-11-8-4-5-8/h2-4,7-8H,5-6H2,1H3;1-3,6-8H,4-5H2. The lowest BCUT2D eigenvalue weighted by Gasteiger charge is -1.97. The minimum absolute atomic E-state index is 0.234. The van der Waals surface area contributed by atoms with Crippen molar-refractivity contribution in [2.75, 3.05) is 0 Å². The van der Waals surface area contributed by atoms with E-state index >= 15 is 0 Å². The Balaban J connectivity index is 0.000000136. The highest BCUT2D eigenvalue weighted by atomic mass is 14.9. The normalized spacial score (nSPS) is 18.7. The molecule has 0 spiro atoms. The fourth-order valence-corrected chi connectivity index (χ4v) is 1.84. The van der Waals surface area contributed by atoms with Crippen LogP contribution < -0.4 is 0 Å². The summed E-state index contributed by atoms with van der Waals surface area (Å²) in [6.07, 6.45) is 12.2. The molecule has 2 fully saturated rings. The number of nitrogens with zero attached hydrogens (tertiary/aromatic N) is 4. The molecule has 0 aromatic carbocycles. The first kappa shape index (κ1) is 15.5. The van der Waals surface area contributed by atoms with Crippen molar-refractivity contribution in [3.63, 3.8) is 0 Å². The third kappa shape index (κ3) is 5.74. The summed E-state index contributed by atoms with van der Waals surface area (Å²) in [7, 11) is 0. The number of hydrogen-bond acceptors (Lipinski definition) is 4. The lowest BCUT2D eigenvalue weighted by molar-refractivity contribution is 0.769. The first-order valence-corrected chi connectivity index (χ1v) is 8.14. The molecule has 0 aliphatic heterocycles. The number of aromatic nitrogens is 2. The van der Waals surface area contributed by atoms with Crippen LogP contribution in [0.1, 0.15) is 44.0 Å². The fourth-order valence-electron chi connectivity index (χ4n) is 1.84. The van der Waals surface area contributed by atoms with Crippen LogP contribution in [0.5, 0.6) is 0 Å². The third-order valence-corrected chi connectivity index (χ3v) is 3.82. The lowest BCUT2D eigenvalue weighted by Crippen LogP contribution is -1.97. The second kappa shape index (κ2) is 7.27. The number of pyridine rings is 2. The van der Waals surface area contributed by atoms with E-state index in [0.717, 1.165) is 11.4 Å². The zero-order valence-electron chi connectivity index (χ0n) is 13.5. The van der Waals surface area contributed by atoms with Gasteiger partial charge in [0.2, 0.25) is 0 Å². The lowest BCUT2D eigenvalue weighted by atomic mass is 10.3. The summed E-state index contributed by atoms with van der Waals surface area (Å²) in [5.41, 5.74) is 2.14. The molecule has 2 aliphatic rings. The predicted molar refractivity (Wildman–Crippen MR) is 94.3 cm³/mol. The van der Waals surface area contributed by atoms with E-state index in [0.29, 0.717) is 6.04 Å². The van der Waals surface area contributed by atoms with Crippen LogP contribution in [0.4, 0.5) is 0 Å². The molecular weight excluding hydrogens is 284 g/mol. The molecule has 0 unspecified atom stereocenters. The molecule has 2 aromatic rings. The minimum atomic E-state index is 0.234. The molecule has 23 heavy (non-hydrogen) atoms. The molecule has 0 bridgehead atoms. The van der Waals surface area contributed by atoms with Crippen molar-refractivity contribution >= 4 is 12.4 Å². The number of aliphatic imine (C=N–C) groups is 2. The van der Waals surface area contributed by atoms with Gasteiger partial charge in [0.05, 0.1) is 23.0 Å². The summed E-state index contributed by atoms with van der Waals surface area (Å²) in [5.74, 6) is 0. The van der Waals surface area contributed by atoms with Gasteiger partial charge in [-0.1, -0.05) is 12.1 Å². The topological polar surface area (TPSA) is 50.5 Å². The van der Waals surface area contributed by atoms with Crippen molar-refractivity contribution in [1.82, 2.24) is 9.97 Å². The highest BCUT2D eigenvalue weighted by Gasteiger charge is 2.36. The van der Waals surface area contributed by atoms with Crippen LogP contribution >= 0.6 is 0 Å². The quantitative estimate of drug-likeness (QED) is 0.808. The maximum atomic E-state index is 4.45. The smallest absolute Gasteiger partial charge is 0.0808 e. The Morgan fingerprint density at radius 2 is 1.57 bits per heavy atom. The van der Waals surface area contributed by atoms with Gasteiger partial charge >= 0.3 is 0 Å². The van der Waals surface area contributed by atoms with Crippen LogP contribution in [0.3, 0.4) is 0 Å². The second-order valence-corrected chi connectivity index (χ2v) is 6.27. The molecule has 2 aromatic heterocycles. The van der Waals surface area contributed by atoms with Crippen LogP contribution in [0.2, 0.25) is 0 Å². The van der Waals surface area contributed by atoms with Crippen LogP contribution in [0, 0.1) is 0 Å². The average molecular weight is 306 g/mol. The molecular formula is C19H22N4. The summed E-state index contributed by atoms with van der Waals surface area (Å²) in [6.45, 7) is 2.17. The maximum absolute atomic E-state index is 4.45. The Kier molecular flexibility index (Phi) is 4.91. The van der Waals surface area contributed by atoms with Gasteiger partial charge in [0.15, 0.2) is 0 Å². The largest absolute Gasteiger partial charge is 0.288 e. The highest BCUT2D eigenvalue weighted by Crippen LogP contribution is 2.38. The molecule has 0 radical (unpaired) electrons. The van der Waals surface area contributed by atoms with Gasteiger partial charge in [-0.2, -0.15) is 0 Å². The summed E-state index contributed by atoms with van der Waals surface area (Å²) in [5, 5.41) is 0. The molecule has 0 atom stereocenters. The van der Waals surface area contributed by atoms with Crippen molar-refractivity contribution in [2.45, 2.75) is 44.2 Å². The number of hydrogen-bond donors (Lipinski definition) is 0. The van der Waals surface area contributed by atoms with Crippen molar-refractivity contribution in [3.05, 3.63) is 60.2 Å². The molecule has 4 heteroatoms. The summed E-state index contributed by atoms with van der Waals surface area (Å²) >= 11 is 0. The van der Waals surface area contributed by atoms with Gasteiger partial charge in [-0.05, 0) is 56.9 Å². The number of rotatable bonds is 4. The van der Waals surface area contributed by atoms with E-state index in [1.165, 1.54) is 25.7 Å². The van der Waals surface area contributed by atoms with Crippen LogP contribution in [0.25, 0.3) is 0 Å². The summed E-state index contributed by atoms with van der Waals surface area (Å²) in [6, 6.07) is 12.3. The first-order valence-electron chi connectivity index (χ1n) is 8.14. The van der Waals surface area contributed by atoms with E-state index in [-0.39, 0.29) is 5.54 Å². The summed E-state index contributed by atoms with van der Waals surface area (Å²) in [4.78, 5) is 17.1. The molecule has 2 aliphatic carbocycles. The van der Waals surface area contributed by atoms with E-state index in [1.807, 2.05) is 48.8 Å². The van der Waals surface area contributed by atoms with Crippen molar-refractivity contribution in [3.8, 4) is 0 Å². The Morgan fingerprint density at radius 1 is 0.957 bits per heavy atom. The van der Waals surface area contributed by atoms with E-state index in [1.54, 1.807) is 12.4 Å².